The van der Waals surface area contributed by atoms with Crippen LogP contribution in [0, 0.1) is 11.3 Å². The number of fused-ring (bicyclic) bond motifs is 3. The van der Waals surface area contributed by atoms with Crippen LogP contribution in [0.1, 0.15) is 40.7 Å². The molecule has 5 nitrogen and oxygen atoms in total. The van der Waals surface area contributed by atoms with Gasteiger partial charge in [-0.1, -0.05) is 18.2 Å². The fourth-order valence-electron chi connectivity index (χ4n) is 4.47. The number of rotatable bonds is 6. The molecule has 4 rings (SSSR count). The normalized spacial score (nSPS) is 18.4. The second-order valence-electron chi connectivity index (χ2n) is 7.97. The average Bonchev–Trinajstić information content (AvgIpc) is 2.78. The number of amides is 1. The lowest BCUT2D eigenvalue weighted by atomic mass is 9.94. The molecular formula is C24H28N4O. The highest BCUT2D eigenvalue weighted by molar-refractivity contribution is 5.94. The molecule has 0 aromatic heterocycles. The standard InChI is InChI=1S/C24H28N4O/c25-17-19-7-9-21(10-8-19)24(29)26-13-3-4-14-27-15-16-28-22(18-27)12-11-20-5-1-2-6-23(20)28/h1-2,5-10,22H,3-4,11-16,18H2,(H,26,29). The Morgan fingerprint density at radius 3 is 2.76 bits per heavy atom. The molecule has 1 atom stereocenters. The molecular weight excluding hydrogens is 360 g/mol. The summed E-state index contributed by atoms with van der Waals surface area (Å²) in [6, 6.07) is 18.3. The Labute approximate surface area is 172 Å². The quantitative estimate of drug-likeness (QED) is 0.772. The third kappa shape index (κ3) is 4.60. The third-order valence-electron chi connectivity index (χ3n) is 6.08. The summed E-state index contributed by atoms with van der Waals surface area (Å²) < 4.78 is 0. The highest BCUT2D eigenvalue weighted by Gasteiger charge is 2.30. The summed E-state index contributed by atoms with van der Waals surface area (Å²) in [6.45, 7) is 5.15. The van der Waals surface area contributed by atoms with Gasteiger partial charge in [0.2, 0.25) is 0 Å². The lowest BCUT2D eigenvalue weighted by Gasteiger charge is -2.46. The second kappa shape index (κ2) is 9.11. The van der Waals surface area contributed by atoms with Gasteiger partial charge in [0.25, 0.3) is 5.91 Å². The number of para-hydroxylation sites is 1. The summed E-state index contributed by atoms with van der Waals surface area (Å²) in [7, 11) is 0. The molecule has 2 heterocycles. The van der Waals surface area contributed by atoms with Crippen molar-refractivity contribution in [2.24, 2.45) is 0 Å². The van der Waals surface area contributed by atoms with E-state index in [0.717, 1.165) is 39.0 Å². The Morgan fingerprint density at radius 1 is 1.10 bits per heavy atom. The van der Waals surface area contributed by atoms with Crippen molar-refractivity contribution in [1.29, 1.82) is 5.26 Å². The molecule has 0 saturated carbocycles. The number of unbranched alkanes of at least 4 members (excludes halogenated alkanes) is 1. The zero-order valence-electron chi connectivity index (χ0n) is 16.8. The van der Waals surface area contributed by atoms with Crippen molar-refractivity contribution in [3.05, 3.63) is 65.2 Å². The minimum absolute atomic E-state index is 0.0658. The van der Waals surface area contributed by atoms with Crippen LogP contribution < -0.4 is 10.2 Å². The summed E-state index contributed by atoms with van der Waals surface area (Å²) >= 11 is 0. The summed E-state index contributed by atoms with van der Waals surface area (Å²) in [5.41, 5.74) is 4.12. The van der Waals surface area contributed by atoms with E-state index in [-0.39, 0.29) is 5.91 Å². The van der Waals surface area contributed by atoms with Crippen LogP contribution in [0.3, 0.4) is 0 Å². The van der Waals surface area contributed by atoms with Crippen LogP contribution in [0.2, 0.25) is 0 Å². The van der Waals surface area contributed by atoms with Crippen LogP contribution in [0.5, 0.6) is 0 Å². The van der Waals surface area contributed by atoms with Crippen LogP contribution in [-0.2, 0) is 6.42 Å². The van der Waals surface area contributed by atoms with Gasteiger partial charge in [0.1, 0.15) is 0 Å². The maximum Gasteiger partial charge on any atom is 0.251 e. The van der Waals surface area contributed by atoms with E-state index in [9.17, 15) is 4.79 Å². The number of carbonyl (C=O) groups is 1. The zero-order chi connectivity index (χ0) is 20.1. The molecule has 1 N–H and O–H groups in total. The van der Waals surface area contributed by atoms with E-state index in [1.807, 2.05) is 0 Å². The van der Waals surface area contributed by atoms with Crippen LogP contribution in [0.25, 0.3) is 0 Å². The third-order valence-corrected chi connectivity index (χ3v) is 6.08. The molecule has 1 amide bonds. The minimum atomic E-state index is -0.0658. The lowest BCUT2D eigenvalue weighted by Crippen LogP contribution is -2.55. The molecule has 2 aromatic carbocycles. The number of nitrogens with one attached hydrogen (secondary N) is 1. The molecule has 1 saturated heterocycles. The van der Waals surface area contributed by atoms with E-state index in [2.05, 4.69) is 45.5 Å². The number of aryl methyl sites for hydroxylation is 1. The fraction of sp³-hybridized carbons (Fsp3) is 0.417. The number of hydrogen-bond donors (Lipinski definition) is 1. The molecule has 1 unspecified atom stereocenters. The van der Waals surface area contributed by atoms with E-state index >= 15 is 0 Å². The molecule has 0 bridgehead atoms. The zero-order valence-corrected chi connectivity index (χ0v) is 16.8. The highest BCUT2D eigenvalue weighted by Crippen LogP contribution is 2.32. The number of carbonyl (C=O) groups excluding carboxylic acids is 1. The van der Waals surface area contributed by atoms with Crippen molar-refractivity contribution in [3.8, 4) is 6.07 Å². The van der Waals surface area contributed by atoms with E-state index in [4.69, 9.17) is 5.26 Å². The number of hydrogen-bond acceptors (Lipinski definition) is 4. The fourth-order valence-corrected chi connectivity index (χ4v) is 4.47. The number of nitrogens with zero attached hydrogens (tertiary/aromatic N) is 3. The molecule has 1 fully saturated rings. The predicted molar refractivity (Wildman–Crippen MR) is 115 cm³/mol. The predicted octanol–water partition coefficient (Wildman–Crippen LogP) is 3.21. The number of nitriles is 1. The number of benzene rings is 2. The van der Waals surface area contributed by atoms with Gasteiger partial charge in [-0.15, -0.1) is 0 Å². The topological polar surface area (TPSA) is 59.4 Å². The summed E-state index contributed by atoms with van der Waals surface area (Å²) in [4.78, 5) is 17.3. The van der Waals surface area contributed by atoms with Gasteiger partial charge in [0.05, 0.1) is 11.6 Å². The molecule has 2 aliphatic heterocycles. The highest BCUT2D eigenvalue weighted by atomic mass is 16.1. The van der Waals surface area contributed by atoms with Gasteiger partial charge in [0, 0.05) is 43.5 Å². The van der Waals surface area contributed by atoms with Gasteiger partial charge in [-0.25, -0.2) is 0 Å². The van der Waals surface area contributed by atoms with Gasteiger partial charge < -0.3 is 10.2 Å². The van der Waals surface area contributed by atoms with E-state index in [0.29, 0.717) is 23.7 Å². The van der Waals surface area contributed by atoms with Crippen molar-refractivity contribution in [3.63, 3.8) is 0 Å². The van der Waals surface area contributed by atoms with Gasteiger partial charge >= 0.3 is 0 Å². The second-order valence-corrected chi connectivity index (χ2v) is 7.97. The summed E-state index contributed by atoms with van der Waals surface area (Å²) in [6.07, 6.45) is 4.51. The van der Waals surface area contributed by atoms with Crippen molar-refractivity contribution >= 4 is 11.6 Å². The Kier molecular flexibility index (Phi) is 6.12. The molecule has 5 heteroatoms. The maximum absolute atomic E-state index is 12.2. The summed E-state index contributed by atoms with van der Waals surface area (Å²) in [5.74, 6) is -0.0658. The first-order chi connectivity index (χ1) is 14.2. The maximum atomic E-state index is 12.2. The van der Waals surface area contributed by atoms with Crippen molar-refractivity contribution in [2.75, 3.05) is 37.6 Å². The Morgan fingerprint density at radius 2 is 1.93 bits per heavy atom. The van der Waals surface area contributed by atoms with Crippen LogP contribution in [0.4, 0.5) is 5.69 Å². The molecule has 150 valence electrons. The molecule has 0 aliphatic carbocycles. The van der Waals surface area contributed by atoms with Crippen LogP contribution >= 0.6 is 0 Å². The largest absolute Gasteiger partial charge is 0.366 e. The molecule has 29 heavy (non-hydrogen) atoms. The van der Waals surface area contributed by atoms with E-state index in [1.54, 1.807) is 24.3 Å². The monoisotopic (exact) mass is 388 g/mol. The van der Waals surface area contributed by atoms with Crippen LogP contribution in [-0.4, -0.2) is 49.6 Å². The van der Waals surface area contributed by atoms with E-state index < -0.39 is 0 Å². The van der Waals surface area contributed by atoms with Gasteiger partial charge in [-0.3, -0.25) is 9.69 Å². The van der Waals surface area contributed by atoms with Crippen molar-refractivity contribution in [1.82, 2.24) is 10.2 Å². The van der Waals surface area contributed by atoms with Crippen molar-refractivity contribution in [2.45, 2.75) is 31.7 Å². The van der Waals surface area contributed by atoms with Gasteiger partial charge in [-0.2, -0.15) is 5.26 Å². The van der Waals surface area contributed by atoms with Crippen molar-refractivity contribution < 1.29 is 4.79 Å². The minimum Gasteiger partial charge on any atom is -0.366 e. The first kappa shape index (κ1) is 19.5. The first-order valence-electron chi connectivity index (χ1n) is 10.6. The Balaban J connectivity index is 1.17. The molecule has 2 aromatic rings. The number of anilines is 1. The SMILES string of the molecule is N#Cc1ccc(C(=O)NCCCCN2CCN3c4ccccc4CCC3C2)cc1. The van der Waals surface area contributed by atoms with E-state index in [1.165, 1.54) is 24.1 Å². The lowest BCUT2D eigenvalue weighted by molar-refractivity contribution is 0.0952. The molecule has 0 radical (unpaired) electrons. The number of piperazine rings is 1. The summed E-state index contributed by atoms with van der Waals surface area (Å²) in [5, 5.41) is 11.8. The molecule has 0 spiro atoms. The Hall–Kier alpha value is -2.84. The van der Waals surface area contributed by atoms with Gasteiger partial charge in [0.15, 0.2) is 0 Å². The van der Waals surface area contributed by atoms with Crippen LogP contribution in [0.15, 0.2) is 48.5 Å². The van der Waals surface area contributed by atoms with Gasteiger partial charge in [-0.05, 0) is 68.1 Å². The Bertz CT molecular complexity index is 886. The average molecular weight is 389 g/mol. The smallest absolute Gasteiger partial charge is 0.251 e. The molecule has 2 aliphatic rings. The first-order valence-corrected chi connectivity index (χ1v) is 10.6.